The van der Waals surface area contributed by atoms with Crippen LogP contribution < -0.4 is 5.73 Å². The van der Waals surface area contributed by atoms with Crippen LogP contribution in [-0.2, 0) is 11.3 Å². The van der Waals surface area contributed by atoms with Crippen molar-refractivity contribution in [1.29, 1.82) is 0 Å². The van der Waals surface area contributed by atoms with Gasteiger partial charge in [-0.05, 0) is 46.3 Å². The standard InChI is InChI=1S/C14H10BrF2NO2/c15-11-5-4-8(18)6-9(11)14(19)20-7-10-12(16)2-1-3-13(10)17/h1-6H,7,18H2. The minimum Gasteiger partial charge on any atom is -0.457 e. The van der Waals surface area contributed by atoms with Gasteiger partial charge in [0.05, 0.1) is 11.1 Å². The largest absolute Gasteiger partial charge is 0.457 e. The fraction of sp³-hybridized carbons (Fsp3) is 0.0714. The normalized spacial score (nSPS) is 10.3. The van der Waals surface area contributed by atoms with Gasteiger partial charge in [-0.25, -0.2) is 13.6 Å². The van der Waals surface area contributed by atoms with E-state index in [0.717, 1.165) is 12.1 Å². The summed E-state index contributed by atoms with van der Waals surface area (Å²) in [4.78, 5) is 11.9. The molecule has 0 spiro atoms. The molecule has 20 heavy (non-hydrogen) atoms. The highest BCUT2D eigenvalue weighted by molar-refractivity contribution is 9.10. The third-order valence-corrected chi connectivity index (χ3v) is 3.31. The van der Waals surface area contributed by atoms with Gasteiger partial charge in [0.25, 0.3) is 0 Å². The molecule has 0 aliphatic rings. The first kappa shape index (κ1) is 14.5. The molecule has 0 aliphatic carbocycles. The van der Waals surface area contributed by atoms with E-state index in [-0.39, 0.29) is 11.1 Å². The third-order valence-electron chi connectivity index (χ3n) is 2.62. The number of esters is 1. The van der Waals surface area contributed by atoms with Gasteiger partial charge in [-0.2, -0.15) is 0 Å². The predicted molar refractivity (Wildman–Crippen MR) is 74.0 cm³/mol. The van der Waals surface area contributed by atoms with Crippen molar-refractivity contribution in [3.05, 3.63) is 63.6 Å². The lowest BCUT2D eigenvalue weighted by Gasteiger charge is -2.08. The summed E-state index contributed by atoms with van der Waals surface area (Å²) in [6, 6.07) is 8.06. The van der Waals surface area contributed by atoms with Gasteiger partial charge in [0.15, 0.2) is 0 Å². The summed E-state index contributed by atoms with van der Waals surface area (Å²) in [5.41, 5.74) is 5.86. The zero-order chi connectivity index (χ0) is 14.7. The number of hydrogen-bond acceptors (Lipinski definition) is 3. The smallest absolute Gasteiger partial charge is 0.339 e. The molecule has 0 saturated heterocycles. The molecule has 3 nitrogen and oxygen atoms in total. The molecule has 2 aromatic rings. The summed E-state index contributed by atoms with van der Waals surface area (Å²) >= 11 is 3.18. The summed E-state index contributed by atoms with van der Waals surface area (Å²) in [5, 5.41) is 0. The van der Waals surface area contributed by atoms with Gasteiger partial charge >= 0.3 is 5.97 Å². The average Bonchev–Trinajstić information content (AvgIpc) is 2.40. The molecular formula is C14H10BrF2NO2. The lowest BCUT2D eigenvalue weighted by molar-refractivity contribution is 0.0464. The molecule has 2 aromatic carbocycles. The fourth-order valence-electron chi connectivity index (χ4n) is 1.59. The van der Waals surface area contributed by atoms with Crippen molar-refractivity contribution in [2.45, 2.75) is 6.61 Å². The summed E-state index contributed by atoms with van der Waals surface area (Å²) in [6.07, 6.45) is 0. The maximum atomic E-state index is 13.4. The molecule has 2 N–H and O–H groups in total. The van der Waals surface area contributed by atoms with Gasteiger partial charge in [0.1, 0.15) is 18.2 Å². The number of nitrogen functional groups attached to an aromatic ring is 1. The number of hydrogen-bond donors (Lipinski definition) is 1. The average molecular weight is 342 g/mol. The second-order valence-corrected chi connectivity index (χ2v) is 4.87. The highest BCUT2D eigenvalue weighted by atomic mass is 79.9. The fourth-order valence-corrected chi connectivity index (χ4v) is 1.99. The van der Waals surface area contributed by atoms with Gasteiger partial charge in [-0.3, -0.25) is 0 Å². The first-order valence-corrected chi connectivity index (χ1v) is 6.43. The monoisotopic (exact) mass is 341 g/mol. The minimum absolute atomic E-state index is 0.196. The Morgan fingerprint density at radius 2 is 1.85 bits per heavy atom. The van der Waals surface area contributed by atoms with E-state index < -0.39 is 24.2 Å². The Morgan fingerprint density at radius 1 is 1.20 bits per heavy atom. The summed E-state index contributed by atoms with van der Waals surface area (Å²) in [7, 11) is 0. The van der Waals surface area contributed by atoms with Crippen molar-refractivity contribution in [2.75, 3.05) is 5.73 Å². The molecule has 104 valence electrons. The van der Waals surface area contributed by atoms with Gasteiger partial charge in [0, 0.05) is 10.2 Å². The molecule has 0 atom stereocenters. The molecule has 0 unspecified atom stereocenters. The first-order valence-electron chi connectivity index (χ1n) is 5.64. The minimum atomic E-state index is -0.760. The molecule has 6 heteroatoms. The molecule has 0 amide bonds. The number of carbonyl (C=O) groups is 1. The molecule has 0 aliphatic heterocycles. The summed E-state index contributed by atoms with van der Waals surface area (Å²) in [6.45, 7) is -0.488. The van der Waals surface area contributed by atoms with Gasteiger partial charge in [-0.15, -0.1) is 0 Å². The number of benzene rings is 2. The molecule has 0 fully saturated rings. The number of halogens is 3. The summed E-state index contributed by atoms with van der Waals surface area (Å²) in [5.74, 6) is -2.24. The van der Waals surface area contributed by atoms with E-state index in [1.165, 1.54) is 12.1 Å². The van der Waals surface area contributed by atoms with Crippen molar-refractivity contribution < 1.29 is 18.3 Å². The Morgan fingerprint density at radius 3 is 2.50 bits per heavy atom. The third kappa shape index (κ3) is 3.14. The van der Waals surface area contributed by atoms with E-state index >= 15 is 0 Å². The zero-order valence-corrected chi connectivity index (χ0v) is 11.8. The number of carbonyl (C=O) groups excluding carboxylic acids is 1. The van der Waals surface area contributed by atoms with Crippen LogP contribution in [0.2, 0.25) is 0 Å². The van der Waals surface area contributed by atoms with Crippen LogP contribution in [0.5, 0.6) is 0 Å². The topological polar surface area (TPSA) is 52.3 Å². The first-order chi connectivity index (χ1) is 9.49. The number of rotatable bonds is 3. The molecule has 0 aromatic heterocycles. The molecule has 2 rings (SSSR count). The lowest BCUT2D eigenvalue weighted by Crippen LogP contribution is -2.08. The quantitative estimate of drug-likeness (QED) is 0.684. The van der Waals surface area contributed by atoms with Crippen LogP contribution in [0.3, 0.4) is 0 Å². The molecular weight excluding hydrogens is 332 g/mol. The highest BCUT2D eigenvalue weighted by Crippen LogP contribution is 2.21. The van der Waals surface area contributed by atoms with Gasteiger partial charge in [0.2, 0.25) is 0 Å². The molecule has 0 bridgehead atoms. The van der Waals surface area contributed by atoms with E-state index in [4.69, 9.17) is 10.5 Å². The van der Waals surface area contributed by atoms with Gasteiger partial charge < -0.3 is 10.5 Å². The van der Waals surface area contributed by atoms with Crippen LogP contribution in [0, 0.1) is 11.6 Å². The Balaban J connectivity index is 2.15. The van der Waals surface area contributed by atoms with Crippen LogP contribution in [-0.4, -0.2) is 5.97 Å². The Labute approximate surface area is 122 Å². The van der Waals surface area contributed by atoms with Crippen LogP contribution in [0.1, 0.15) is 15.9 Å². The highest BCUT2D eigenvalue weighted by Gasteiger charge is 2.15. The van der Waals surface area contributed by atoms with Crippen molar-refractivity contribution in [2.24, 2.45) is 0 Å². The van der Waals surface area contributed by atoms with Crippen molar-refractivity contribution in [3.63, 3.8) is 0 Å². The van der Waals surface area contributed by atoms with Gasteiger partial charge in [-0.1, -0.05) is 6.07 Å². The zero-order valence-electron chi connectivity index (χ0n) is 10.2. The van der Waals surface area contributed by atoms with E-state index in [1.807, 2.05) is 0 Å². The van der Waals surface area contributed by atoms with Crippen LogP contribution in [0.15, 0.2) is 40.9 Å². The van der Waals surface area contributed by atoms with Crippen LogP contribution >= 0.6 is 15.9 Å². The Hall–Kier alpha value is -1.95. The number of ether oxygens (including phenoxy) is 1. The second kappa shape index (κ2) is 6.00. The molecule has 0 radical (unpaired) electrons. The van der Waals surface area contributed by atoms with Crippen molar-refractivity contribution in [3.8, 4) is 0 Å². The second-order valence-electron chi connectivity index (χ2n) is 4.02. The van der Waals surface area contributed by atoms with Crippen LogP contribution in [0.4, 0.5) is 14.5 Å². The maximum absolute atomic E-state index is 13.4. The lowest BCUT2D eigenvalue weighted by atomic mass is 10.2. The SMILES string of the molecule is Nc1ccc(Br)c(C(=O)OCc2c(F)cccc2F)c1. The number of anilines is 1. The summed E-state index contributed by atoms with van der Waals surface area (Å²) < 4.78 is 32.2. The Bertz CT molecular complexity index is 641. The van der Waals surface area contributed by atoms with Crippen LogP contribution in [0.25, 0.3) is 0 Å². The maximum Gasteiger partial charge on any atom is 0.339 e. The van der Waals surface area contributed by atoms with Crippen molar-refractivity contribution in [1.82, 2.24) is 0 Å². The number of nitrogens with two attached hydrogens (primary N) is 1. The van der Waals surface area contributed by atoms with E-state index in [9.17, 15) is 13.6 Å². The Kier molecular flexibility index (Phi) is 4.34. The molecule has 0 heterocycles. The van der Waals surface area contributed by atoms with E-state index in [1.54, 1.807) is 12.1 Å². The van der Waals surface area contributed by atoms with Crippen molar-refractivity contribution >= 4 is 27.6 Å². The van der Waals surface area contributed by atoms with E-state index in [2.05, 4.69) is 15.9 Å². The van der Waals surface area contributed by atoms with E-state index in [0.29, 0.717) is 10.2 Å². The molecule has 0 saturated carbocycles. The predicted octanol–water partition coefficient (Wildman–Crippen LogP) is 3.67.